The summed E-state index contributed by atoms with van der Waals surface area (Å²) in [5.41, 5.74) is 1.17. The van der Waals surface area contributed by atoms with Gasteiger partial charge in [0.1, 0.15) is 0 Å². The zero-order chi connectivity index (χ0) is 11.3. The number of rotatable bonds is 5. The van der Waals surface area contributed by atoms with Gasteiger partial charge in [-0.25, -0.2) is 8.42 Å². The maximum absolute atomic E-state index is 11.4. The summed E-state index contributed by atoms with van der Waals surface area (Å²) in [6, 6.07) is 0. The molecule has 1 heterocycles. The molecule has 0 aliphatic carbocycles. The second-order valence-electron chi connectivity index (χ2n) is 4.43. The maximum atomic E-state index is 11.4. The lowest BCUT2D eigenvalue weighted by Gasteiger charge is -2.22. The van der Waals surface area contributed by atoms with Crippen LogP contribution in [0, 0.1) is 5.92 Å². The van der Waals surface area contributed by atoms with E-state index in [2.05, 4.69) is 11.9 Å². The Bertz CT molecular complexity index is 309. The molecule has 0 aromatic rings. The van der Waals surface area contributed by atoms with E-state index in [9.17, 15) is 8.42 Å². The molecule has 1 unspecified atom stereocenters. The van der Waals surface area contributed by atoms with E-state index < -0.39 is 9.84 Å². The standard InChI is InChI=1S/C11H21NO2S/c1-10(5-6-12-2)8-11-4-3-7-15(13,14)9-11/h11-12H,1,3-9H2,2H3. The zero-order valence-electron chi connectivity index (χ0n) is 9.46. The Morgan fingerprint density at radius 2 is 2.27 bits per heavy atom. The molecule has 0 spiro atoms. The summed E-state index contributed by atoms with van der Waals surface area (Å²) >= 11 is 0. The SMILES string of the molecule is C=C(CCNC)CC1CCCS(=O)(=O)C1. The van der Waals surface area contributed by atoms with Crippen molar-refractivity contribution in [2.75, 3.05) is 25.1 Å². The molecular weight excluding hydrogens is 210 g/mol. The summed E-state index contributed by atoms with van der Waals surface area (Å²) in [7, 11) is -0.840. The summed E-state index contributed by atoms with van der Waals surface area (Å²) in [4.78, 5) is 0. The minimum absolute atomic E-state index is 0.313. The van der Waals surface area contributed by atoms with Crippen molar-refractivity contribution in [3.05, 3.63) is 12.2 Å². The van der Waals surface area contributed by atoms with Crippen molar-refractivity contribution in [2.24, 2.45) is 5.92 Å². The van der Waals surface area contributed by atoms with Crippen LogP contribution in [0.4, 0.5) is 0 Å². The van der Waals surface area contributed by atoms with Gasteiger partial charge in [-0.15, -0.1) is 0 Å². The summed E-state index contributed by atoms with van der Waals surface area (Å²) < 4.78 is 22.8. The molecule has 0 radical (unpaired) electrons. The van der Waals surface area contributed by atoms with Gasteiger partial charge in [0.25, 0.3) is 0 Å². The highest BCUT2D eigenvalue weighted by Crippen LogP contribution is 2.24. The van der Waals surface area contributed by atoms with Gasteiger partial charge in [-0.3, -0.25) is 0 Å². The Hall–Kier alpha value is -0.350. The third-order valence-electron chi connectivity index (χ3n) is 2.86. The van der Waals surface area contributed by atoms with Crippen LogP contribution in [-0.2, 0) is 9.84 Å². The highest BCUT2D eigenvalue weighted by molar-refractivity contribution is 7.91. The lowest BCUT2D eigenvalue weighted by Crippen LogP contribution is -2.25. The van der Waals surface area contributed by atoms with Gasteiger partial charge < -0.3 is 5.32 Å². The van der Waals surface area contributed by atoms with Gasteiger partial charge in [0.2, 0.25) is 0 Å². The molecule has 88 valence electrons. The molecule has 1 N–H and O–H groups in total. The van der Waals surface area contributed by atoms with E-state index in [0.29, 0.717) is 17.4 Å². The summed E-state index contributed by atoms with van der Waals surface area (Å²) in [5.74, 6) is 1.06. The quantitative estimate of drug-likeness (QED) is 0.727. The number of nitrogens with one attached hydrogen (secondary N) is 1. The van der Waals surface area contributed by atoms with Crippen LogP contribution in [0.15, 0.2) is 12.2 Å². The van der Waals surface area contributed by atoms with Gasteiger partial charge in [-0.1, -0.05) is 12.2 Å². The van der Waals surface area contributed by atoms with E-state index >= 15 is 0 Å². The molecule has 0 amide bonds. The van der Waals surface area contributed by atoms with Crippen LogP contribution in [0.1, 0.15) is 25.7 Å². The Balaban J connectivity index is 2.35. The van der Waals surface area contributed by atoms with Crippen molar-refractivity contribution in [3.8, 4) is 0 Å². The van der Waals surface area contributed by atoms with Crippen LogP contribution in [0.25, 0.3) is 0 Å². The van der Waals surface area contributed by atoms with Crippen molar-refractivity contribution in [3.63, 3.8) is 0 Å². The highest BCUT2D eigenvalue weighted by Gasteiger charge is 2.24. The summed E-state index contributed by atoms with van der Waals surface area (Å²) in [5, 5.41) is 3.07. The van der Waals surface area contributed by atoms with Crippen molar-refractivity contribution < 1.29 is 8.42 Å². The largest absolute Gasteiger partial charge is 0.319 e. The molecule has 0 aromatic heterocycles. The minimum Gasteiger partial charge on any atom is -0.319 e. The van der Waals surface area contributed by atoms with Crippen molar-refractivity contribution >= 4 is 9.84 Å². The van der Waals surface area contributed by atoms with Gasteiger partial charge in [0.15, 0.2) is 9.84 Å². The molecule has 1 saturated heterocycles. The van der Waals surface area contributed by atoms with Crippen LogP contribution in [0.3, 0.4) is 0 Å². The molecule has 1 aliphatic rings. The van der Waals surface area contributed by atoms with Crippen LogP contribution in [0.2, 0.25) is 0 Å². The molecule has 0 saturated carbocycles. The first-order valence-corrected chi connectivity index (χ1v) is 7.37. The molecule has 0 bridgehead atoms. The van der Waals surface area contributed by atoms with Crippen LogP contribution in [0.5, 0.6) is 0 Å². The van der Waals surface area contributed by atoms with E-state index in [0.717, 1.165) is 32.2 Å². The molecule has 1 rings (SSSR count). The monoisotopic (exact) mass is 231 g/mol. The predicted molar refractivity (Wildman–Crippen MR) is 63.7 cm³/mol. The fraction of sp³-hybridized carbons (Fsp3) is 0.818. The number of sulfone groups is 1. The number of hydrogen-bond donors (Lipinski definition) is 1. The first-order chi connectivity index (χ1) is 7.03. The van der Waals surface area contributed by atoms with E-state index in [-0.39, 0.29) is 0 Å². The summed E-state index contributed by atoms with van der Waals surface area (Å²) in [6.45, 7) is 4.93. The zero-order valence-corrected chi connectivity index (χ0v) is 10.3. The second-order valence-corrected chi connectivity index (χ2v) is 6.66. The van der Waals surface area contributed by atoms with E-state index in [4.69, 9.17) is 0 Å². The first-order valence-electron chi connectivity index (χ1n) is 5.55. The molecular formula is C11H21NO2S. The Morgan fingerprint density at radius 1 is 1.53 bits per heavy atom. The lowest BCUT2D eigenvalue weighted by atomic mass is 9.95. The van der Waals surface area contributed by atoms with E-state index in [1.807, 2.05) is 7.05 Å². The van der Waals surface area contributed by atoms with Crippen molar-refractivity contribution in [2.45, 2.75) is 25.7 Å². The Kier molecular flexibility index (Phi) is 4.80. The smallest absolute Gasteiger partial charge is 0.150 e. The van der Waals surface area contributed by atoms with Gasteiger partial charge in [0, 0.05) is 0 Å². The topological polar surface area (TPSA) is 46.2 Å². The van der Waals surface area contributed by atoms with Gasteiger partial charge in [-0.2, -0.15) is 0 Å². The molecule has 1 aliphatic heterocycles. The lowest BCUT2D eigenvalue weighted by molar-refractivity contribution is 0.477. The third-order valence-corrected chi connectivity index (χ3v) is 4.75. The van der Waals surface area contributed by atoms with Gasteiger partial charge >= 0.3 is 0 Å². The average Bonchev–Trinajstić information content (AvgIpc) is 2.13. The van der Waals surface area contributed by atoms with Gasteiger partial charge in [0.05, 0.1) is 11.5 Å². The molecule has 15 heavy (non-hydrogen) atoms. The number of hydrogen-bond acceptors (Lipinski definition) is 3. The normalized spacial score (nSPS) is 25.0. The van der Waals surface area contributed by atoms with Crippen molar-refractivity contribution in [1.82, 2.24) is 5.32 Å². The average molecular weight is 231 g/mol. The second kappa shape index (κ2) is 5.66. The predicted octanol–water partition coefficient (Wildman–Crippen LogP) is 1.37. The van der Waals surface area contributed by atoms with E-state index in [1.54, 1.807) is 0 Å². The Morgan fingerprint density at radius 3 is 2.87 bits per heavy atom. The molecule has 4 heteroatoms. The third kappa shape index (κ3) is 4.80. The van der Waals surface area contributed by atoms with Crippen LogP contribution >= 0.6 is 0 Å². The van der Waals surface area contributed by atoms with Gasteiger partial charge in [-0.05, 0) is 45.2 Å². The van der Waals surface area contributed by atoms with E-state index in [1.165, 1.54) is 5.57 Å². The molecule has 0 aromatic carbocycles. The maximum Gasteiger partial charge on any atom is 0.150 e. The fourth-order valence-corrected chi connectivity index (χ4v) is 3.87. The Labute approximate surface area is 92.9 Å². The fourth-order valence-electron chi connectivity index (χ4n) is 2.09. The molecule has 1 atom stereocenters. The van der Waals surface area contributed by atoms with Crippen LogP contribution < -0.4 is 5.32 Å². The minimum atomic E-state index is -2.75. The molecule has 1 fully saturated rings. The summed E-state index contributed by atoms with van der Waals surface area (Å²) in [6.07, 6.45) is 3.69. The van der Waals surface area contributed by atoms with Crippen molar-refractivity contribution in [1.29, 1.82) is 0 Å². The first kappa shape index (κ1) is 12.7. The highest BCUT2D eigenvalue weighted by atomic mass is 32.2. The van der Waals surface area contributed by atoms with Crippen LogP contribution in [-0.4, -0.2) is 33.5 Å². The molecule has 3 nitrogen and oxygen atoms in total.